The van der Waals surface area contributed by atoms with Crippen LogP contribution in [0.3, 0.4) is 0 Å². The van der Waals surface area contributed by atoms with Gasteiger partial charge in [-0.15, -0.1) is 0 Å². The highest BCUT2D eigenvalue weighted by atomic mass is 19.2. The zero-order valence-corrected chi connectivity index (χ0v) is 14.8. The van der Waals surface area contributed by atoms with E-state index >= 15 is 0 Å². The summed E-state index contributed by atoms with van der Waals surface area (Å²) in [7, 11) is 0. The number of piperidine rings is 2. The minimum Gasteiger partial charge on any atom is -0.341 e. The summed E-state index contributed by atoms with van der Waals surface area (Å²) in [6.45, 7) is 4.19. The van der Waals surface area contributed by atoms with Crippen molar-refractivity contribution >= 4 is 17.6 Å². The van der Waals surface area contributed by atoms with Crippen molar-refractivity contribution in [3.63, 3.8) is 0 Å². The number of likely N-dealkylation sites (tertiary alicyclic amines) is 2. The van der Waals surface area contributed by atoms with Gasteiger partial charge in [-0.25, -0.2) is 13.6 Å². The smallest absolute Gasteiger partial charge is 0.322 e. The van der Waals surface area contributed by atoms with E-state index in [-0.39, 0.29) is 17.5 Å². The minimum absolute atomic E-state index is 0.0485. The van der Waals surface area contributed by atoms with Crippen molar-refractivity contribution in [3.8, 4) is 0 Å². The topological polar surface area (TPSA) is 52.7 Å². The van der Waals surface area contributed by atoms with Gasteiger partial charge in [-0.05, 0) is 49.7 Å². The molecule has 3 aliphatic rings. The third-order valence-corrected chi connectivity index (χ3v) is 6.11. The summed E-state index contributed by atoms with van der Waals surface area (Å²) in [6, 6.07) is 2.82. The fourth-order valence-corrected chi connectivity index (χ4v) is 4.38. The number of carbonyl (C=O) groups is 2. The molecule has 1 aromatic carbocycles. The van der Waals surface area contributed by atoms with Crippen molar-refractivity contribution in [3.05, 3.63) is 29.8 Å². The van der Waals surface area contributed by atoms with Crippen LogP contribution in [0.5, 0.6) is 0 Å². The molecule has 1 aliphatic carbocycles. The minimum atomic E-state index is -1.01. The van der Waals surface area contributed by atoms with Crippen molar-refractivity contribution in [1.29, 1.82) is 0 Å². The number of nitrogens with zero attached hydrogens (tertiary/aromatic N) is 2. The summed E-state index contributed by atoms with van der Waals surface area (Å²) in [5, 5.41) is 2.61. The van der Waals surface area contributed by atoms with Crippen LogP contribution in [0, 0.1) is 23.5 Å². The van der Waals surface area contributed by atoms with Crippen LogP contribution in [0.1, 0.15) is 32.6 Å². The van der Waals surface area contributed by atoms with Crippen LogP contribution in [-0.4, -0.2) is 46.9 Å². The van der Waals surface area contributed by atoms with Gasteiger partial charge < -0.3 is 15.1 Å². The second-order valence-corrected chi connectivity index (χ2v) is 7.80. The Labute approximate surface area is 151 Å². The van der Waals surface area contributed by atoms with Crippen LogP contribution in [0.25, 0.3) is 0 Å². The third-order valence-electron chi connectivity index (χ3n) is 6.11. The Bertz CT molecular complexity index is 748. The number of rotatable bonds is 2. The molecule has 140 valence electrons. The molecule has 2 unspecified atom stereocenters. The van der Waals surface area contributed by atoms with E-state index in [9.17, 15) is 18.4 Å². The first-order valence-electron chi connectivity index (χ1n) is 9.25. The number of carbonyl (C=O) groups excluding carboxylic acids is 2. The van der Waals surface area contributed by atoms with E-state index in [4.69, 9.17) is 0 Å². The van der Waals surface area contributed by atoms with Crippen LogP contribution >= 0.6 is 0 Å². The van der Waals surface area contributed by atoms with Gasteiger partial charge in [0.05, 0.1) is 0 Å². The van der Waals surface area contributed by atoms with Gasteiger partial charge in [-0.2, -0.15) is 0 Å². The van der Waals surface area contributed by atoms with Crippen molar-refractivity contribution in [2.45, 2.75) is 38.1 Å². The molecule has 2 aliphatic heterocycles. The lowest BCUT2D eigenvalue weighted by Crippen LogP contribution is -2.54. The Morgan fingerprint density at radius 3 is 2.50 bits per heavy atom. The first-order valence-corrected chi connectivity index (χ1v) is 9.25. The largest absolute Gasteiger partial charge is 0.341 e. The van der Waals surface area contributed by atoms with Crippen molar-refractivity contribution in [2.24, 2.45) is 11.8 Å². The molecule has 0 radical (unpaired) electrons. The molecule has 0 bridgehead atoms. The number of halogens is 2. The van der Waals surface area contributed by atoms with Crippen LogP contribution in [0.2, 0.25) is 0 Å². The number of hydrogen-bond acceptors (Lipinski definition) is 2. The summed E-state index contributed by atoms with van der Waals surface area (Å²) < 4.78 is 26.4. The molecule has 2 heterocycles. The fraction of sp³-hybridized carbons (Fsp3) is 0.579. The Balaban J connectivity index is 1.48. The average molecular weight is 363 g/mol. The highest BCUT2D eigenvalue weighted by Gasteiger charge is 2.69. The molecule has 0 aromatic heterocycles. The first-order chi connectivity index (χ1) is 12.4. The maximum Gasteiger partial charge on any atom is 0.322 e. The molecule has 1 saturated carbocycles. The van der Waals surface area contributed by atoms with E-state index < -0.39 is 23.2 Å². The van der Waals surface area contributed by atoms with Crippen molar-refractivity contribution < 1.29 is 18.4 Å². The van der Waals surface area contributed by atoms with Gasteiger partial charge in [0.2, 0.25) is 5.91 Å². The molecule has 4 rings (SSSR count). The zero-order chi connectivity index (χ0) is 18.5. The highest BCUT2D eigenvalue weighted by Crippen LogP contribution is 2.57. The van der Waals surface area contributed by atoms with Crippen molar-refractivity contribution in [2.75, 3.05) is 25.0 Å². The van der Waals surface area contributed by atoms with E-state index in [2.05, 4.69) is 12.2 Å². The number of benzene rings is 1. The number of fused-ring (bicyclic) bond motifs is 1. The molecule has 7 heteroatoms. The third kappa shape index (κ3) is 2.73. The van der Waals surface area contributed by atoms with Gasteiger partial charge in [0.1, 0.15) is 5.54 Å². The molecule has 1 N–H and O–H groups in total. The Morgan fingerprint density at radius 2 is 1.85 bits per heavy atom. The molecule has 0 spiro atoms. The lowest BCUT2D eigenvalue weighted by molar-refractivity contribution is -0.138. The van der Waals surface area contributed by atoms with Gasteiger partial charge in [-0.1, -0.05) is 6.92 Å². The molecular weight excluding hydrogens is 340 g/mol. The Hall–Kier alpha value is -2.18. The first kappa shape index (κ1) is 17.2. The van der Waals surface area contributed by atoms with Gasteiger partial charge in [-0.3, -0.25) is 4.79 Å². The van der Waals surface area contributed by atoms with Crippen LogP contribution in [0.15, 0.2) is 18.2 Å². The summed E-state index contributed by atoms with van der Waals surface area (Å²) in [4.78, 5) is 29.3. The summed E-state index contributed by atoms with van der Waals surface area (Å²) in [5.74, 6) is -1.08. The maximum absolute atomic E-state index is 13.4. The summed E-state index contributed by atoms with van der Waals surface area (Å²) in [6.07, 6.45) is 3.49. The quantitative estimate of drug-likeness (QED) is 0.877. The molecule has 1 aromatic rings. The van der Waals surface area contributed by atoms with Gasteiger partial charge in [0, 0.05) is 31.4 Å². The van der Waals surface area contributed by atoms with E-state index in [1.165, 1.54) is 6.07 Å². The molecule has 2 atom stereocenters. The molecule has 3 amide bonds. The molecule has 3 fully saturated rings. The standard InChI is InChI=1S/C19H23F2N3O2/c1-12-4-7-23(8-5-12)17(25)19-11-13(19)6-9-24(19)18(26)22-14-2-3-15(20)16(21)10-14/h2-3,10,12-13H,4-9,11H2,1H3,(H,22,26). The molecule has 26 heavy (non-hydrogen) atoms. The number of amides is 3. The second kappa shape index (κ2) is 6.21. The number of urea groups is 1. The molecular formula is C19H23F2N3O2. The van der Waals surface area contributed by atoms with E-state index in [1.807, 2.05) is 4.90 Å². The van der Waals surface area contributed by atoms with Gasteiger partial charge in [0.25, 0.3) is 0 Å². The van der Waals surface area contributed by atoms with E-state index in [0.29, 0.717) is 18.9 Å². The monoisotopic (exact) mass is 363 g/mol. The second-order valence-electron chi connectivity index (χ2n) is 7.80. The van der Waals surface area contributed by atoms with Crippen molar-refractivity contribution in [1.82, 2.24) is 9.80 Å². The zero-order valence-electron chi connectivity index (χ0n) is 14.8. The van der Waals surface area contributed by atoms with E-state index in [0.717, 1.165) is 44.5 Å². The lowest BCUT2D eigenvalue weighted by atomic mass is 9.98. The predicted octanol–water partition coefficient (Wildman–Crippen LogP) is 3.22. The van der Waals surface area contributed by atoms with Crippen LogP contribution in [-0.2, 0) is 4.79 Å². The summed E-state index contributed by atoms with van der Waals surface area (Å²) in [5.41, 5.74) is -0.545. The predicted molar refractivity (Wildman–Crippen MR) is 92.5 cm³/mol. The number of hydrogen-bond donors (Lipinski definition) is 1. The fourth-order valence-electron chi connectivity index (χ4n) is 4.38. The van der Waals surface area contributed by atoms with Gasteiger partial charge in [0.15, 0.2) is 11.6 Å². The molecule has 2 saturated heterocycles. The lowest BCUT2D eigenvalue weighted by Gasteiger charge is -2.36. The van der Waals surface area contributed by atoms with E-state index in [1.54, 1.807) is 4.90 Å². The number of nitrogens with one attached hydrogen (secondary N) is 1. The normalized spacial score (nSPS) is 28.0. The van der Waals surface area contributed by atoms with Crippen LogP contribution in [0.4, 0.5) is 19.3 Å². The summed E-state index contributed by atoms with van der Waals surface area (Å²) >= 11 is 0. The maximum atomic E-state index is 13.4. The molecule has 5 nitrogen and oxygen atoms in total. The highest BCUT2D eigenvalue weighted by molar-refractivity contribution is 5.99. The van der Waals surface area contributed by atoms with Gasteiger partial charge >= 0.3 is 6.03 Å². The SMILES string of the molecule is CC1CCN(C(=O)C23CC2CCN3C(=O)Nc2ccc(F)c(F)c2)CC1. The number of anilines is 1. The average Bonchev–Trinajstić information content (AvgIpc) is 3.23. The Morgan fingerprint density at radius 1 is 1.12 bits per heavy atom. The van der Waals surface area contributed by atoms with Crippen LogP contribution < -0.4 is 5.32 Å². The Kier molecular flexibility index (Phi) is 4.12.